The molecule has 3 nitrogen and oxygen atoms in total. The van der Waals surface area contributed by atoms with E-state index in [-0.39, 0.29) is 18.4 Å². The maximum absolute atomic E-state index is 5.80. The van der Waals surface area contributed by atoms with Crippen LogP contribution in [-0.2, 0) is 0 Å². The van der Waals surface area contributed by atoms with Gasteiger partial charge in [-0.25, -0.2) is 0 Å². The highest BCUT2D eigenvalue weighted by molar-refractivity contribution is 5.85. The van der Waals surface area contributed by atoms with Crippen LogP contribution >= 0.6 is 12.4 Å². The normalized spacial score (nSPS) is 15.6. The van der Waals surface area contributed by atoms with E-state index in [0.29, 0.717) is 13.2 Å². The maximum Gasteiger partial charge on any atom is 0.166 e. The first-order chi connectivity index (χ1) is 6.29. The molecule has 2 N–H and O–H groups in total. The lowest BCUT2D eigenvalue weighted by molar-refractivity contribution is 0.169. The minimum Gasteiger partial charge on any atom is -0.486 e. The van der Waals surface area contributed by atoms with Gasteiger partial charge in [0, 0.05) is 11.6 Å². The Hall–Kier alpha value is -0.930. The second-order valence-corrected chi connectivity index (χ2v) is 3.16. The van der Waals surface area contributed by atoms with Gasteiger partial charge in [0.15, 0.2) is 11.5 Å². The Bertz CT molecular complexity index is 315. The van der Waals surface area contributed by atoms with Gasteiger partial charge in [0.2, 0.25) is 0 Å². The summed E-state index contributed by atoms with van der Waals surface area (Å²) >= 11 is 0. The topological polar surface area (TPSA) is 44.5 Å². The predicted octanol–water partition coefficient (Wildman–Crippen LogP) is 1.90. The second kappa shape index (κ2) is 4.53. The van der Waals surface area contributed by atoms with Crippen LogP contribution in [-0.4, -0.2) is 13.2 Å². The Labute approximate surface area is 89.6 Å². The summed E-state index contributed by atoms with van der Waals surface area (Å²) in [4.78, 5) is 0. The van der Waals surface area contributed by atoms with Crippen LogP contribution in [0.3, 0.4) is 0 Å². The van der Waals surface area contributed by atoms with Crippen molar-refractivity contribution in [2.75, 3.05) is 13.2 Å². The molecule has 14 heavy (non-hydrogen) atoms. The minimum atomic E-state index is -0.0170. The van der Waals surface area contributed by atoms with Crippen molar-refractivity contribution in [3.63, 3.8) is 0 Å². The molecule has 0 aliphatic carbocycles. The zero-order valence-corrected chi connectivity index (χ0v) is 8.84. The molecule has 0 aromatic heterocycles. The van der Waals surface area contributed by atoms with Crippen LogP contribution in [0, 0.1) is 0 Å². The fourth-order valence-electron chi connectivity index (χ4n) is 1.45. The Morgan fingerprint density at radius 2 is 2.00 bits per heavy atom. The Morgan fingerprint density at radius 3 is 2.71 bits per heavy atom. The lowest BCUT2D eigenvalue weighted by Crippen LogP contribution is -2.18. The standard InChI is InChI=1S/C10H13NO2.ClH/c1-7(11)8-3-2-4-9-10(8)13-6-5-12-9;/h2-4,7H,5-6,11H2,1H3;1H/t7-;/m1./s1. The third-order valence-electron chi connectivity index (χ3n) is 2.09. The number of hydrogen-bond acceptors (Lipinski definition) is 3. The highest BCUT2D eigenvalue weighted by Gasteiger charge is 2.16. The SMILES string of the molecule is C[C@@H](N)c1cccc2c1OCCO2.Cl. The van der Waals surface area contributed by atoms with E-state index in [1.807, 2.05) is 25.1 Å². The third-order valence-corrected chi connectivity index (χ3v) is 2.09. The molecule has 1 aliphatic rings. The highest BCUT2D eigenvalue weighted by Crippen LogP contribution is 2.35. The summed E-state index contributed by atoms with van der Waals surface area (Å²) in [7, 11) is 0. The molecule has 0 bridgehead atoms. The highest BCUT2D eigenvalue weighted by atomic mass is 35.5. The van der Waals surface area contributed by atoms with Crippen LogP contribution in [0.15, 0.2) is 18.2 Å². The number of fused-ring (bicyclic) bond motifs is 1. The van der Waals surface area contributed by atoms with Gasteiger partial charge < -0.3 is 15.2 Å². The zero-order chi connectivity index (χ0) is 9.26. The fraction of sp³-hybridized carbons (Fsp3) is 0.400. The fourth-order valence-corrected chi connectivity index (χ4v) is 1.45. The number of nitrogens with two attached hydrogens (primary N) is 1. The quantitative estimate of drug-likeness (QED) is 0.778. The van der Waals surface area contributed by atoms with Crippen LogP contribution in [0.4, 0.5) is 0 Å². The molecule has 0 saturated heterocycles. The van der Waals surface area contributed by atoms with Crippen molar-refractivity contribution in [2.45, 2.75) is 13.0 Å². The van der Waals surface area contributed by atoms with E-state index in [1.165, 1.54) is 0 Å². The van der Waals surface area contributed by atoms with Gasteiger partial charge >= 0.3 is 0 Å². The number of rotatable bonds is 1. The molecule has 2 rings (SSSR count). The van der Waals surface area contributed by atoms with Crippen molar-refractivity contribution in [1.29, 1.82) is 0 Å². The van der Waals surface area contributed by atoms with Crippen molar-refractivity contribution in [3.8, 4) is 11.5 Å². The van der Waals surface area contributed by atoms with Crippen LogP contribution in [0.1, 0.15) is 18.5 Å². The van der Waals surface area contributed by atoms with E-state index in [2.05, 4.69) is 0 Å². The van der Waals surface area contributed by atoms with Crippen molar-refractivity contribution >= 4 is 12.4 Å². The first kappa shape index (κ1) is 11.1. The molecule has 0 spiro atoms. The van der Waals surface area contributed by atoms with Crippen LogP contribution in [0.2, 0.25) is 0 Å². The van der Waals surface area contributed by atoms with Crippen molar-refractivity contribution in [1.82, 2.24) is 0 Å². The number of benzene rings is 1. The largest absolute Gasteiger partial charge is 0.486 e. The van der Waals surface area contributed by atoms with E-state index in [1.54, 1.807) is 0 Å². The molecule has 1 aliphatic heterocycles. The van der Waals surface area contributed by atoms with Gasteiger partial charge in [0.1, 0.15) is 13.2 Å². The molecule has 1 aromatic carbocycles. The number of halogens is 1. The molecule has 78 valence electrons. The predicted molar refractivity (Wildman–Crippen MR) is 57.3 cm³/mol. The molecule has 0 amide bonds. The van der Waals surface area contributed by atoms with E-state index in [0.717, 1.165) is 17.1 Å². The van der Waals surface area contributed by atoms with Crippen molar-refractivity contribution in [2.24, 2.45) is 5.73 Å². The van der Waals surface area contributed by atoms with E-state index >= 15 is 0 Å². The van der Waals surface area contributed by atoms with Crippen molar-refractivity contribution < 1.29 is 9.47 Å². The summed E-state index contributed by atoms with van der Waals surface area (Å²) in [5.41, 5.74) is 6.81. The Balaban J connectivity index is 0.000000980. The molecule has 1 atom stereocenters. The molecule has 0 fully saturated rings. The molecule has 0 saturated carbocycles. The number of hydrogen-bond donors (Lipinski definition) is 1. The lowest BCUT2D eigenvalue weighted by Gasteiger charge is -2.22. The van der Waals surface area contributed by atoms with Gasteiger partial charge in [0.25, 0.3) is 0 Å². The monoisotopic (exact) mass is 215 g/mol. The summed E-state index contributed by atoms with van der Waals surface area (Å²) in [6, 6.07) is 5.79. The third kappa shape index (κ3) is 1.94. The molecule has 0 radical (unpaired) electrons. The van der Waals surface area contributed by atoms with Crippen LogP contribution < -0.4 is 15.2 Å². The molecule has 0 unspecified atom stereocenters. The summed E-state index contributed by atoms with van der Waals surface area (Å²) < 4.78 is 10.9. The zero-order valence-electron chi connectivity index (χ0n) is 8.03. The van der Waals surface area contributed by atoms with Gasteiger partial charge in [0.05, 0.1) is 0 Å². The first-order valence-corrected chi connectivity index (χ1v) is 4.43. The van der Waals surface area contributed by atoms with E-state index in [9.17, 15) is 0 Å². The lowest BCUT2D eigenvalue weighted by atomic mass is 10.1. The van der Waals surface area contributed by atoms with E-state index in [4.69, 9.17) is 15.2 Å². The molecule has 1 aromatic rings. The van der Waals surface area contributed by atoms with Gasteiger partial charge in [-0.1, -0.05) is 12.1 Å². The summed E-state index contributed by atoms with van der Waals surface area (Å²) in [6.07, 6.45) is 0. The van der Waals surface area contributed by atoms with Gasteiger partial charge in [-0.2, -0.15) is 0 Å². The van der Waals surface area contributed by atoms with Gasteiger partial charge in [-0.05, 0) is 13.0 Å². The summed E-state index contributed by atoms with van der Waals surface area (Å²) in [5.74, 6) is 1.62. The summed E-state index contributed by atoms with van der Waals surface area (Å²) in [5, 5.41) is 0. The molecular formula is C10H14ClNO2. The maximum atomic E-state index is 5.80. The Morgan fingerprint density at radius 1 is 1.29 bits per heavy atom. The average molecular weight is 216 g/mol. The average Bonchev–Trinajstić information content (AvgIpc) is 2.17. The Kier molecular flexibility index (Phi) is 3.61. The second-order valence-electron chi connectivity index (χ2n) is 3.16. The van der Waals surface area contributed by atoms with Crippen LogP contribution in [0.5, 0.6) is 11.5 Å². The molecular weight excluding hydrogens is 202 g/mol. The number of para-hydroxylation sites is 1. The minimum absolute atomic E-state index is 0. The van der Waals surface area contributed by atoms with Gasteiger partial charge in [-0.3, -0.25) is 0 Å². The van der Waals surface area contributed by atoms with Crippen LogP contribution in [0.25, 0.3) is 0 Å². The molecule has 1 heterocycles. The summed E-state index contributed by atoms with van der Waals surface area (Å²) in [6.45, 7) is 3.17. The van der Waals surface area contributed by atoms with Crippen molar-refractivity contribution in [3.05, 3.63) is 23.8 Å². The number of ether oxygens (including phenoxy) is 2. The van der Waals surface area contributed by atoms with Gasteiger partial charge in [-0.15, -0.1) is 12.4 Å². The van der Waals surface area contributed by atoms with E-state index < -0.39 is 0 Å². The molecule has 4 heteroatoms. The smallest absolute Gasteiger partial charge is 0.166 e. The first-order valence-electron chi connectivity index (χ1n) is 4.43.